The molecule has 0 aliphatic carbocycles. The molecule has 0 fully saturated rings. The van der Waals surface area contributed by atoms with Crippen LogP contribution < -0.4 is 5.73 Å². The number of nitrogens with two attached hydrogens (primary N) is 1. The first kappa shape index (κ1) is 12.9. The molecule has 0 aliphatic rings. The van der Waals surface area contributed by atoms with Gasteiger partial charge in [0.15, 0.2) is 0 Å². The van der Waals surface area contributed by atoms with Gasteiger partial charge in [-0.05, 0) is 6.54 Å². The van der Waals surface area contributed by atoms with E-state index in [4.69, 9.17) is 10.9 Å². The average molecular weight is 242 g/mol. The summed E-state index contributed by atoms with van der Waals surface area (Å²) in [4.78, 5) is 6.47. The Labute approximate surface area is 99.6 Å². The standard InChI is InChI=1S/C10H18N4OS/c1-3-14(6-8(2)10(11)13-15)7-9-12-4-5-16-9/h4-5,8,15H,3,6-7H2,1-2H3,(H2,11,13). The number of amidine groups is 1. The summed E-state index contributed by atoms with van der Waals surface area (Å²) >= 11 is 1.64. The lowest BCUT2D eigenvalue weighted by Gasteiger charge is -2.22. The van der Waals surface area contributed by atoms with Crippen LogP contribution in [-0.2, 0) is 6.54 Å². The van der Waals surface area contributed by atoms with E-state index in [1.54, 1.807) is 17.5 Å². The van der Waals surface area contributed by atoms with Crippen molar-refractivity contribution in [3.05, 3.63) is 16.6 Å². The van der Waals surface area contributed by atoms with E-state index in [2.05, 4.69) is 22.0 Å². The first-order valence-electron chi connectivity index (χ1n) is 5.25. The Balaban J connectivity index is 2.49. The van der Waals surface area contributed by atoms with Gasteiger partial charge in [0.25, 0.3) is 0 Å². The molecule has 5 nitrogen and oxygen atoms in total. The molecule has 0 bridgehead atoms. The SMILES string of the molecule is CCN(Cc1nccs1)CC(C)C(N)=NO. The predicted octanol–water partition coefficient (Wildman–Crippen LogP) is 1.35. The highest BCUT2D eigenvalue weighted by Crippen LogP contribution is 2.09. The molecule has 16 heavy (non-hydrogen) atoms. The van der Waals surface area contributed by atoms with Gasteiger partial charge in [-0.3, -0.25) is 4.90 Å². The number of hydrogen-bond donors (Lipinski definition) is 2. The number of oxime groups is 1. The van der Waals surface area contributed by atoms with Crippen molar-refractivity contribution in [1.29, 1.82) is 0 Å². The maximum atomic E-state index is 8.58. The summed E-state index contributed by atoms with van der Waals surface area (Å²) in [6.45, 7) is 6.54. The molecule has 0 saturated carbocycles. The van der Waals surface area contributed by atoms with Crippen molar-refractivity contribution < 1.29 is 5.21 Å². The summed E-state index contributed by atoms with van der Waals surface area (Å²) in [6.07, 6.45) is 1.81. The fraction of sp³-hybridized carbons (Fsp3) is 0.600. The number of aromatic nitrogens is 1. The second-order valence-corrected chi connectivity index (χ2v) is 4.66. The largest absolute Gasteiger partial charge is 0.409 e. The second-order valence-electron chi connectivity index (χ2n) is 3.68. The lowest BCUT2D eigenvalue weighted by molar-refractivity contribution is 0.257. The van der Waals surface area contributed by atoms with Gasteiger partial charge in [0, 0.05) is 24.0 Å². The van der Waals surface area contributed by atoms with Crippen LogP contribution in [0.1, 0.15) is 18.9 Å². The molecule has 0 radical (unpaired) electrons. The van der Waals surface area contributed by atoms with E-state index in [0.717, 1.165) is 24.6 Å². The van der Waals surface area contributed by atoms with Crippen LogP contribution in [0.2, 0.25) is 0 Å². The van der Waals surface area contributed by atoms with Gasteiger partial charge in [-0.2, -0.15) is 0 Å². The Bertz CT molecular complexity index is 326. The molecule has 1 aromatic heterocycles. The van der Waals surface area contributed by atoms with Crippen LogP contribution in [0.15, 0.2) is 16.7 Å². The second kappa shape index (κ2) is 6.44. The zero-order valence-electron chi connectivity index (χ0n) is 9.63. The molecule has 3 N–H and O–H groups in total. The van der Waals surface area contributed by atoms with Crippen molar-refractivity contribution in [3.8, 4) is 0 Å². The van der Waals surface area contributed by atoms with E-state index in [9.17, 15) is 0 Å². The summed E-state index contributed by atoms with van der Waals surface area (Å²) < 4.78 is 0. The van der Waals surface area contributed by atoms with E-state index in [1.807, 2.05) is 12.3 Å². The third kappa shape index (κ3) is 3.79. The van der Waals surface area contributed by atoms with Crippen molar-refractivity contribution in [2.24, 2.45) is 16.8 Å². The zero-order chi connectivity index (χ0) is 12.0. The maximum Gasteiger partial charge on any atom is 0.143 e. The van der Waals surface area contributed by atoms with Crippen LogP contribution in [0.5, 0.6) is 0 Å². The van der Waals surface area contributed by atoms with Crippen molar-refractivity contribution in [2.75, 3.05) is 13.1 Å². The zero-order valence-corrected chi connectivity index (χ0v) is 10.4. The predicted molar refractivity (Wildman–Crippen MR) is 65.6 cm³/mol. The van der Waals surface area contributed by atoms with Gasteiger partial charge in [0.05, 0.1) is 6.54 Å². The van der Waals surface area contributed by atoms with Crippen LogP contribution >= 0.6 is 11.3 Å². The molecule has 1 aromatic rings. The van der Waals surface area contributed by atoms with Crippen LogP contribution in [0, 0.1) is 5.92 Å². The molecular weight excluding hydrogens is 224 g/mol. The van der Waals surface area contributed by atoms with Crippen molar-refractivity contribution in [1.82, 2.24) is 9.88 Å². The monoisotopic (exact) mass is 242 g/mol. The number of rotatable bonds is 6. The summed E-state index contributed by atoms with van der Waals surface area (Å²) in [5, 5.41) is 14.7. The molecule has 6 heteroatoms. The molecule has 1 heterocycles. The minimum Gasteiger partial charge on any atom is -0.409 e. The highest BCUT2D eigenvalue weighted by molar-refractivity contribution is 7.09. The Morgan fingerprint density at radius 1 is 1.75 bits per heavy atom. The fourth-order valence-electron chi connectivity index (χ4n) is 1.41. The highest BCUT2D eigenvalue weighted by atomic mass is 32.1. The summed E-state index contributed by atoms with van der Waals surface area (Å²) in [5.41, 5.74) is 5.55. The molecule has 0 spiro atoms. The smallest absolute Gasteiger partial charge is 0.143 e. The van der Waals surface area contributed by atoms with Gasteiger partial charge in [-0.1, -0.05) is 19.0 Å². The minimum atomic E-state index is 0.0462. The third-order valence-electron chi connectivity index (χ3n) is 2.44. The van der Waals surface area contributed by atoms with Gasteiger partial charge < -0.3 is 10.9 Å². The molecule has 0 amide bonds. The average Bonchev–Trinajstić information content (AvgIpc) is 2.79. The van der Waals surface area contributed by atoms with Gasteiger partial charge >= 0.3 is 0 Å². The molecular formula is C10H18N4OS. The Hall–Kier alpha value is -1.14. The number of thiazole rings is 1. The van der Waals surface area contributed by atoms with Crippen LogP contribution in [0.4, 0.5) is 0 Å². The van der Waals surface area contributed by atoms with Gasteiger partial charge in [0.2, 0.25) is 0 Å². The quantitative estimate of drug-likeness (QED) is 0.342. The molecule has 1 unspecified atom stereocenters. The normalized spacial score (nSPS) is 14.3. The Morgan fingerprint density at radius 2 is 2.50 bits per heavy atom. The first-order valence-corrected chi connectivity index (χ1v) is 6.13. The molecule has 0 aromatic carbocycles. The van der Waals surface area contributed by atoms with Crippen molar-refractivity contribution in [3.63, 3.8) is 0 Å². The lowest BCUT2D eigenvalue weighted by atomic mass is 10.1. The molecule has 0 saturated heterocycles. The minimum absolute atomic E-state index is 0.0462. The Morgan fingerprint density at radius 3 is 3.00 bits per heavy atom. The molecule has 1 rings (SSSR count). The van der Waals surface area contributed by atoms with Crippen LogP contribution in [-0.4, -0.2) is 34.0 Å². The van der Waals surface area contributed by atoms with E-state index < -0.39 is 0 Å². The number of hydrogen-bond acceptors (Lipinski definition) is 5. The van der Waals surface area contributed by atoms with Crippen LogP contribution in [0.25, 0.3) is 0 Å². The molecule has 0 aliphatic heterocycles. The highest BCUT2D eigenvalue weighted by Gasteiger charge is 2.13. The van der Waals surface area contributed by atoms with Crippen molar-refractivity contribution in [2.45, 2.75) is 20.4 Å². The van der Waals surface area contributed by atoms with E-state index in [-0.39, 0.29) is 11.8 Å². The van der Waals surface area contributed by atoms with E-state index >= 15 is 0 Å². The van der Waals surface area contributed by atoms with Crippen LogP contribution in [0.3, 0.4) is 0 Å². The summed E-state index contributed by atoms with van der Waals surface area (Å²) in [6, 6.07) is 0. The summed E-state index contributed by atoms with van der Waals surface area (Å²) in [5.74, 6) is 0.322. The fourth-order valence-corrected chi connectivity index (χ4v) is 2.06. The van der Waals surface area contributed by atoms with Gasteiger partial charge in [0.1, 0.15) is 10.8 Å². The molecule has 1 atom stereocenters. The van der Waals surface area contributed by atoms with Gasteiger partial charge in [-0.15, -0.1) is 11.3 Å². The Kier molecular flexibility index (Phi) is 5.21. The number of nitrogens with zero attached hydrogens (tertiary/aromatic N) is 3. The van der Waals surface area contributed by atoms with E-state index in [0.29, 0.717) is 0 Å². The summed E-state index contributed by atoms with van der Waals surface area (Å²) in [7, 11) is 0. The van der Waals surface area contributed by atoms with E-state index in [1.165, 1.54) is 0 Å². The first-order chi connectivity index (χ1) is 7.67. The topological polar surface area (TPSA) is 74.7 Å². The maximum absolute atomic E-state index is 8.58. The lowest BCUT2D eigenvalue weighted by Crippen LogP contribution is -2.34. The van der Waals surface area contributed by atoms with Gasteiger partial charge in [-0.25, -0.2) is 4.98 Å². The van der Waals surface area contributed by atoms with Crippen molar-refractivity contribution >= 4 is 17.2 Å². The molecule has 90 valence electrons. The third-order valence-corrected chi connectivity index (χ3v) is 3.21.